The van der Waals surface area contributed by atoms with Gasteiger partial charge in [0.2, 0.25) is 0 Å². The molecule has 1 aliphatic rings. The molecule has 1 unspecified atom stereocenters. The van der Waals surface area contributed by atoms with Crippen LogP contribution in [0.15, 0.2) is 12.3 Å². The molecule has 0 amide bonds. The fourth-order valence-corrected chi connectivity index (χ4v) is 1.52. The lowest BCUT2D eigenvalue weighted by atomic mass is 10.1. The Morgan fingerprint density at radius 3 is 2.79 bits per heavy atom. The molecule has 0 radical (unpaired) electrons. The first-order valence-corrected chi connectivity index (χ1v) is 5.08. The fourth-order valence-electron chi connectivity index (χ4n) is 1.52. The predicted molar refractivity (Wildman–Crippen MR) is 56.3 cm³/mol. The molecule has 1 aromatic heterocycles. The Kier molecular flexibility index (Phi) is 2.42. The quantitative estimate of drug-likeness (QED) is 0.770. The third-order valence-electron chi connectivity index (χ3n) is 2.53. The van der Waals surface area contributed by atoms with Crippen LogP contribution in [0.25, 0.3) is 0 Å². The molecule has 1 saturated carbocycles. The topological polar surface area (TPSA) is 45.2 Å². The van der Waals surface area contributed by atoms with Crippen molar-refractivity contribution >= 4 is 5.82 Å². The molecule has 1 aliphatic carbocycles. The number of anilines is 1. The maximum Gasteiger partial charge on any atom is 0.126 e. The molecule has 1 atom stereocenters. The molecule has 3 heteroatoms. The normalized spacial score (nSPS) is 17.9. The van der Waals surface area contributed by atoms with E-state index in [1.54, 1.807) is 13.1 Å². The van der Waals surface area contributed by atoms with Gasteiger partial charge in [-0.1, -0.05) is 0 Å². The Morgan fingerprint density at radius 2 is 2.29 bits per heavy atom. The lowest BCUT2D eigenvalue weighted by Gasteiger charge is -2.10. The molecule has 2 N–H and O–H groups in total. The number of aryl methyl sites for hydroxylation is 1. The smallest absolute Gasteiger partial charge is 0.126 e. The van der Waals surface area contributed by atoms with Crippen LogP contribution in [0.5, 0.6) is 0 Å². The van der Waals surface area contributed by atoms with Gasteiger partial charge in [-0.15, -0.1) is 0 Å². The van der Waals surface area contributed by atoms with Gasteiger partial charge in [-0.25, -0.2) is 4.98 Å². The van der Waals surface area contributed by atoms with E-state index in [0.717, 1.165) is 16.9 Å². The van der Waals surface area contributed by atoms with E-state index in [0.29, 0.717) is 6.04 Å². The second-order valence-corrected chi connectivity index (χ2v) is 4.02. The van der Waals surface area contributed by atoms with E-state index in [4.69, 9.17) is 0 Å². The van der Waals surface area contributed by atoms with Crippen molar-refractivity contribution in [3.63, 3.8) is 0 Å². The second kappa shape index (κ2) is 3.58. The third kappa shape index (κ3) is 2.04. The molecular formula is C11H16N2O. The highest BCUT2D eigenvalue weighted by Crippen LogP contribution is 2.25. The van der Waals surface area contributed by atoms with Crippen molar-refractivity contribution in [2.75, 3.05) is 5.32 Å². The number of pyridine rings is 1. The highest BCUT2D eigenvalue weighted by Gasteiger charge is 2.21. The summed E-state index contributed by atoms with van der Waals surface area (Å²) in [5.41, 5.74) is 2.00. The maximum absolute atomic E-state index is 9.43. The molecule has 76 valence electrons. The van der Waals surface area contributed by atoms with Crippen LogP contribution >= 0.6 is 0 Å². The average Bonchev–Trinajstić information content (AvgIpc) is 2.87. The molecule has 14 heavy (non-hydrogen) atoms. The fraction of sp³-hybridized carbons (Fsp3) is 0.545. The Morgan fingerprint density at radius 1 is 1.57 bits per heavy atom. The Hall–Kier alpha value is -1.09. The summed E-state index contributed by atoms with van der Waals surface area (Å²) in [7, 11) is 0. The van der Waals surface area contributed by atoms with Gasteiger partial charge in [0, 0.05) is 17.8 Å². The largest absolute Gasteiger partial charge is 0.389 e. The summed E-state index contributed by atoms with van der Waals surface area (Å²) >= 11 is 0. The van der Waals surface area contributed by atoms with Crippen LogP contribution in [0.4, 0.5) is 5.82 Å². The summed E-state index contributed by atoms with van der Waals surface area (Å²) < 4.78 is 0. The van der Waals surface area contributed by atoms with Crippen LogP contribution in [0.1, 0.15) is 37.0 Å². The van der Waals surface area contributed by atoms with Crippen LogP contribution in [-0.2, 0) is 0 Å². The zero-order chi connectivity index (χ0) is 10.1. The first-order chi connectivity index (χ1) is 6.66. The van der Waals surface area contributed by atoms with E-state index < -0.39 is 6.10 Å². The summed E-state index contributed by atoms with van der Waals surface area (Å²) in [4.78, 5) is 4.27. The summed E-state index contributed by atoms with van der Waals surface area (Å²) in [6.07, 6.45) is 3.82. The minimum absolute atomic E-state index is 0.433. The number of hydrogen-bond donors (Lipinski definition) is 2. The van der Waals surface area contributed by atoms with Crippen LogP contribution < -0.4 is 5.32 Å². The molecule has 1 heterocycles. The standard InChI is InChI=1S/C11H16N2O/c1-7-5-11(13-9-3-4-9)12-6-10(7)8(2)14/h5-6,8-9,14H,3-4H2,1-2H3,(H,12,13). The van der Waals surface area contributed by atoms with Crippen molar-refractivity contribution in [3.8, 4) is 0 Å². The SMILES string of the molecule is Cc1cc(NC2CC2)ncc1C(C)O. The molecular weight excluding hydrogens is 176 g/mol. The van der Waals surface area contributed by atoms with Gasteiger partial charge in [0.1, 0.15) is 5.82 Å². The van der Waals surface area contributed by atoms with E-state index in [1.807, 2.05) is 13.0 Å². The number of hydrogen-bond acceptors (Lipinski definition) is 3. The van der Waals surface area contributed by atoms with E-state index in [1.165, 1.54) is 12.8 Å². The van der Waals surface area contributed by atoms with Gasteiger partial charge in [-0.2, -0.15) is 0 Å². The van der Waals surface area contributed by atoms with Crippen molar-refractivity contribution in [2.24, 2.45) is 0 Å². The molecule has 2 rings (SSSR count). The first-order valence-electron chi connectivity index (χ1n) is 5.08. The highest BCUT2D eigenvalue weighted by atomic mass is 16.3. The second-order valence-electron chi connectivity index (χ2n) is 4.02. The average molecular weight is 192 g/mol. The molecule has 0 saturated heterocycles. The van der Waals surface area contributed by atoms with Gasteiger partial charge in [0.25, 0.3) is 0 Å². The Bertz CT molecular complexity index is 332. The number of aromatic nitrogens is 1. The number of nitrogens with zero attached hydrogens (tertiary/aromatic N) is 1. The Labute approximate surface area is 84.2 Å². The summed E-state index contributed by atoms with van der Waals surface area (Å²) in [5.74, 6) is 0.925. The van der Waals surface area contributed by atoms with E-state index >= 15 is 0 Å². The van der Waals surface area contributed by atoms with Gasteiger partial charge in [-0.3, -0.25) is 0 Å². The van der Waals surface area contributed by atoms with E-state index in [9.17, 15) is 5.11 Å². The molecule has 3 nitrogen and oxygen atoms in total. The number of aliphatic hydroxyl groups excluding tert-OH is 1. The van der Waals surface area contributed by atoms with Crippen molar-refractivity contribution in [1.82, 2.24) is 4.98 Å². The molecule has 0 bridgehead atoms. The van der Waals surface area contributed by atoms with Crippen LogP contribution in [-0.4, -0.2) is 16.1 Å². The predicted octanol–water partition coefficient (Wildman–Crippen LogP) is 2.02. The van der Waals surface area contributed by atoms with Gasteiger partial charge in [-0.05, 0) is 38.3 Å². The van der Waals surface area contributed by atoms with E-state index in [-0.39, 0.29) is 0 Å². The van der Waals surface area contributed by atoms with Crippen molar-refractivity contribution in [2.45, 2.75) is 38.8 Å². The lowest BCUT2D eigenvalue weighted by Crippen LogP contribution is -2.05. The van der Waals surface area contributed by atoms with Crippen LogP contribution in [0.2, 0.25) is 0 Å². The van der Waals surface area contributed by atoms with E-state index in [2.05, 4.69) is 10.3 Å². The summed E-state index contributed by atoms with van der Waals surface area (Å²) in [5, 5.41) is 12.8. The van der Waals surface area contributed by atoms with Crippen LogP contribution in [0.3, 0.4) is 0 Å². The minimum Gasteiger partial charge on any atom is -0.389 e. The van der Waals surface area contributed by atoms with Gasteiger partial charge < -0.3 is 10.4 Å². The third-order valence-corrected chi connectivity index (χ3v) is 2.53. The molecule has 0 aliphatic heterocycles. The minimum atomic E-state index is -0.433. The zero-order valence-electron chi connectivity index (χ0n) is 8.62. The molecule has 1 aromatic rings. The van der Waals surface area contributed by atoms with Crippen LogP contribution in [0, 0.1) is 6.92 Å². The molecule has 1 fully saturated rings. The molecule has 0 aromatic carbocycles. The zero-order valence-corrected chi connectivity index (χ0v) is 8.62. The van der Waals surface area contributed by atoms with Gasteiger partial charge in [0.15, 0.2) is 0 Å². The number of nitrogens with one attached hydrogen (secondary N) is 1. The van der Waals surface area contributed by atoms with Gasteiger partial charge >= 0.3 is 0 Å². The lowest BCUT2D eigenvalue weighted by molar-refractivity contribution is 0.198. The van der Waals surface area contributed by atoms with Crippen molar-refractivity contribution in [1.29, 1.82) is 0 Å². The Balaban J connectivity index is 2.16. The monoisotopic (exact) mass is 192 g/mol. The number of aliphatic hydroxyl groups is 1. The van der Waals surface area contributed by atoms with Crippen molar-refractivity contribution < 1.29 is 5.11 Å². The van der Waals surface area contributed by atoms with Crippen molar-refractivity contribution in [3.05, 3.63) is 23.4 Å². The molecule has 0 spiro atoms. The van der Waals surface area contributed by atoms with Gasteiger partial charge in [0.05, 0.1) is 6.10 Å². The maximum atomic E-state index is 9.43. The first kappa shape index (κ1) is 9.46. The highest BCUT2D eigenvalue weighted by molar-refractivity contribution is 5.42. The summed E-state index contributed by atoms with van der Waals surface area (Å²) in [6.45, 7) is 3.76. The number of rotatable bonds is 3. The summed E-state index contributed by atoms with van der Waals surface area (Å²) in [6, 6.07) is 2.62.